The Labute approximate surface area is 134 Å². The summed E-state index contributed by atoms with van der Waals surface area (Å²) in [6.07, 6.45) is 1.40. The summed E-state index contributed by atoms with van der Waals surface area (Å²) in [7, 11) is -4.47. The lowest BCUT2D eigenvalue weighted by Crippen LogP contribution is -2.47. The summed E-state index contributed by atoms with van der Waals surface area (Å²) in [6.45, 7) is 1.05. The zero-order valence-corrected chi connectivity index (χ0v) is 13.2. The standard InChI is InChI=1S/C14H19N3O5S/c15-13(18)11-2-1-7-17(9-11)14(19)16-8-10-3-5-12(6-4-10)23(20,21)22/h3-6,11H,1-2,7-9H2,(H2,15,18)(H,16,19)(H,20,21,22)/p-1. The van der Waals surface area contributed by atoms with Gasteiger partial charge >= 0.3 is 6.03 Å². The van der Waals surface area contributed by atoms with Gasteiger partial charge in [0, 0.05) is 19.6 Å². The molecule has 0 bridgehead atoms. The lowest BCUT2D eigenvalue weighted by Gasteiger charge is -2.31. The topological polar surface area (TPSA) is 133 Å². The highest BCUT2D eigenvalue weighted by atomic mass is 32.2. The van der Waals surface area contributed by atoms with E-state index in [1.807, 2.05) is 0 Å². The minimum atomic E-state index is -4.47. The normalized spacial score (nSPS) is 18.5. The fourth-order valence-corrected chi connectivity index (χ4v) is 2.93. The second kappa shape index (κ2) is 6.97. The average Bonchev–Trinajstić information content (AvgIpc) is 2.52. The Morgan fingerprint density at radius 2 is 1.96 bits per heavy atom. The van der Waals surface area contributed by atoms with Gasteiger partial charge in [0.2, 0.25) is 5.91 Å². The van der Waals surface area contributed by atoms with Crippen LogP contribution in [-0.2, 0) is 21.5 Å². The summed E-state index contributed by atoms with van der Waals surface area (Å²) < 4.78 is 32.5. The van der Waals surface area contributed by atoms with Gasteiger partial charge in [0.05, 0.1) is 10.8 Å². The molecule has 0 radical (unpaired) electrons. The maximum absolute atomic E-state index is 12.1. The van der Waals surface area contributed by atoms with Gasteiger partial charge in [-0.15, -0.1) is 0 Å². The molecule has 1 aliphatic rings. The number of urea groups is 1. The highest BCUT2D eigenvalue weighted by Crippen LogP contribution is 2.16. The van der Waals surface area contributed by atoms with Crippen LogP contribution >= 0.6 is 0 Å². The molecule has 3 amide bonds. The van der Waals surface area contributed by atoms with Gasteiger partial charge < -0.3 is 20.5 Å². The number of likely N-dealkylation sites (tertiary alicyclic amines) is 1. The predicted octanol–water partition coefficient (Wildman–Crippen LogP) is -0.00240. The minimum absolute atomic E-state index is 0.190. The number of piperidine rings is 1. The third kappa shape index (κ3) is 4.67. The van der Waals surface area contributed by atoms with E-state index in [-0.39, 0.29) is 23.4 Å². The van der Waals surface area contributed by atoms with Crippen LogP contribution in [0.3, 0.4) is 0 Å². The van der Waals surface area contributed by atoms with E-state index < -0.39 is 16.0 Å². The quantitative estimate of drug-likeness (QED) is 0.744. The Bertz CT molecular complexity index is 687. The first-order chi connectivity index (χ1) is 10.8. The molecule has 2 rings (SSSR count). The molecule has 1 atom stereocenters. The van der Waals surface area contributed by atoms with E-state index in [9.17, 15) is 22.6 Å². The summed E-state index contributed by atoms with van der Waals surface area (Å²) in [6, 6.07) is 5.03. The maximum Gasteiger partial charge on any atom is 0.317 e. The molecule has 0 aromatic heterocycles. The van der Waals surface area contributed by atoms with Crippen molar-refractivity contribution in [2.24, 2.45) is 11.7 Å². The third-order valence-corrected chi connectivity index (χ3v) is 4.62. The molecule has 3 N–H and O–H groups in total. The number of amides is 3. The average molecular weight is 340 g/mol. The van der Waals surface area contributed by atoms with Crippen molar-refractivity contribution in [2.45, 2.75) is 24.3 Å². The van der Waals surface area contributed by atoms with Crippen LogP contribution in [0.25, 0.3) is 0 Å². The van der Waals surface area contributed by atoms with Gasteiger partial charge in [-0.2, -0.15) is 0 Å². The SMILES string of the molecule is NC(=O)C1CCCN(C(=O)NCc2ccc(S(=O)(=O)[O-])cc2)C1. The first-order valence-corrected chi connectivity index (χ1v) is 8.55. The molecule has 0 saturated carbocycles. The van der Waals surface area contributed by atoms with Crippen molar-refractivity contribution in [2.75, 3.05) is 13.1 Å². The molecule has 0 aliphatic carbocycles. The molecule has 1 unspecified atom stereocenters. The number of benzene rings is 1. The van der Waals surface area contributed by atoms with Crippen LogP contribution < -0.4 is 11.1 Å². The molecule has 1 aliphatic heterocycles. The predicted molar refractivity (Wildman–Crippen MR) is 80.1 cm³/mol. The van der Waals surface area contributed by atoms with Gasteiger partial charge in [0.25, 0.3) is 0 Å². The van der Waals surface area contributed by atoms with Crippen molar-refractivity contribution in [3.63, 3.8) is 0 Å². The molecule has 23 heavy (non-hydrogen) atoms. The number of rotatable bonds is 4. The van der Waals surface area contributed by atoms with Crippen molar-refractivity contribution in [1.29, 1.82) is 0 Å². The highest BCUT2D eigenvalue weighted by Gasteiger charge is 2.26. The maximum atomic E-state index is 12.1. The van der Waals surface area contributed by atoms with E-state index in [4.69, 9.17) is 5.73 Å². The molecule has 1 heterocycles. The van der Waals surface area contributed by atoms with Gasteiger partial charge in [0.15, 0.2) is 0 Å². The molecule has 8 nitrogen and oxygen atoms in total. The zero-order valence-electron chi connectivity index (χ0n) is 12.4. The third-order valence-electron chi connectivity index (χ3n) is 3.77. The smallest absolute Gasteiger partial charge is 0.317 e. The summed E-state index contributed by atoms with van der Waals surface area (Å²) in [5, 5.41) is 2.69. The number of primary amides is 1. The van der Waals surface area contributed by atoms with Crippen LogP contribution in [0.1, 0.15) is 18.4 Å². The Balaban J connectivity index is 1.90. The number of nitrogens with one attached hydrogen (secondary N) is 1. The summed E-state index contributed by atoms with van der Waals surface area (Å²) in [5.74, 6) is -0.729. The highest BCUT2D eigenvalue weighted by molar-refractivity contribution is 7.85. The molecule has 1 fully saturated rings. The number of carbonyl (C=O) groups excluding carboxylic acids is 2. The number of carbonyl (C=O) groups is 2. The van der Waals surface area contributed by atoms with E-state index in [0.29, 0.717) is 25.1 Å². The van der Waals surface area contributed by atoms with Crippen LogP contribution in [0, 0.1) is 5.92 Å². The van der Waals surface area contributed by atoms with Crippen LogP contribution in [0.4, 0.5) is 4.79 Å². The lowest BCUT2D eigenvalue weighted by molar-refractivity contribution is -0.123. The summed E-state index contributed by atoms with van der Waals surface area (Å²) >= 11 is 0. The minimum Gasteiger partial charge on any atom is -0.744 e. The van der Waals surface area contributed by atoms with Gasteiger partial charge in [-0.05, 0) is 30.5 Å². The monoisotopic (exact) mass is 340 g/mol. The van der Waals surface area contributed by atoms with Gasteiger partial charge in [-0.1, -0.05) is 12.1 Å². The van der Waals surface area contributed by atoms with Crippen molar-refractivity contribution in [3.8, 4) is 0 Å². The fraction of sp³-hybridized carbons (Fsp3) is 0.429. The molecule has 9 heteroatoms. The summed E-state index contributed by atoms with van der Waals surface area (Å²) in [4.78, 5) is 24.5. The fourth-order valence-electron chi connectivity index (χ4n) is 2.46. The van der Waals surface area contributed by atoms with Crippen molar-refractivity contribution >= 4 is 22.1 Å². The summed E-state index contributed by atoms with van der Waals surface area (Å²) in [5.41, 5.74) is 5.93. The second-order valence-corrected chi connectivity index (χ2v) is 6.82. The van der Waals surface area contributed by atoms with Crippen LogP contribution in [0.2, 0.25) is 0 Å². The largest absolute Gasteiger partial charge is 0.744 e. The van der Waals surface area contributed by atoms with E-state index in [1.165, 1.54) is 29.2 Å². The van der Waals surface area contributed by atoms with E-state index in [1.54, 1.807) is 0 Å². The van der Waals surface area contributed by atoms with Crippen molar-refractivity contribution in [3.05, 3.63) is 29.8 Å². The Morgan fingerprint density at radius 3 is 2.52 bits per heavy atom. The molecular formula is C14H18N3O5S-. The van der Waals surface area contributed by atoms with Crippen molar-refractivity contribution < 1.29 is 22.6 Å². The molecule has 126 valence electrons. The van der Waals surface area contributed by atoms with E-state index >= 15 is 0 Å². The van der Waals surface area contributed by atoms with E-state index in [0.717, 1.165) is 6.42 Å². The number of nitrogens with two attached hydrogens (primary N) is 1. The van der Waals surface area contributed by atoms with Gasteiger partial charge in [-0.25, -0.2) is 13.2 Å². The molecule has 1 saturated heterocycles. The second-order valence-electron chi connectivity index (χ2n) is 5.44. The van der Waals surface area contributed by atoms with Crippen molar-refractivity contribution in [1.82, 2.24) is 10.2 Å². The zero-order chi connectivity index (χ0) is 17.0. The molecule has 0 spiro atoms. The molecule has 1 aromatic rings. The molecular weight excluding hydrogens is 322 g/mol. The number of hydrogen-bond donors (Lipinski definition) is 2. The van der Waals surface area contributed by atoms with Gasteiger partial charge in [0.1, 0.15) is 10.1 Å². The van der Waals surface area contributed by atoms with Crippen LogP contribution in [-0.4, -0.2) is 42.9 Å². The van der Waals surface area contributed by atoms with E-state index in [2.05, 4.69) is 5.32 Å². The molecule has 1 aromatic carbocycles. The number of nitrogens with zero attached hydrogens (tertiary/aromatic N) is 1. The number of hydrogen-bond acceptors (Lipinski definition) is 5. The van der Waals surface area contributed by atoms with Crippen LogP contribution in [0.5, 0.6) is 0 Å². The lowest BCUT2D eigenvalue weighted by atomic mass is 9.98. The Kier molecular flexibility index (Phi) is 5.22. The van der Waals surface area contributed by atoms with Gasteiger partial charge in [-0.3, -0.25) is 4.79 Å². The first kappa shape index (κ1) is 17.2. The van der Waals surface area contributed by atoms with Crippen LogP contribution in [0.15, 0.2) is 29.2 Å². The Hall–Kier alpha value is -2.13. The first-order valence-electron chi connectivity index (χ1n) is 7.14. The Morgan fingerprint density at radius 1 is 1.30 bits per heavy atom.